The first-order valence-corrected chi connectivity index (χ1v) is 3.30. The van der Waals surface area contributed by atoms with Crippen molar-refractivity contribution in [2.24, 2.45) is 0 Å². The van der Waals surface area contributed by atoms with Crippen molar-refractivity contribution in [2.75, 3.05) is 13.7 Å². The maximum Gasteiger partial charge on any atom is 0.323 e. The molecule has 72 valence electrons. The van der Waals surface area contributed by atoms with Gasteiger partial charge in [0, 0.05) is 13.7 Å². The van der Waals surface area contributed by atoms with Crippen LogP contribution in [0.15, 0.2) is 0 Å². The summed E-state index contributed by atoms with van der Waals surface area (Å²) in [5.74, 6) is -1.07. The van der Waals surface area contributed by atoms with Crippen molar-refractivity contribution in [1.82, 2.24) is 5.32 Å². The van der Waals surface area contributed by atoms with Gasteiger partial charge in [0.25, 0.3) is 0 Å². The predicted molar refractivity (Wildman–Crippen MR) is 45.4 cm³/mol. The number of nitrogens with one attached hydrogen (secondary N) is 1. The molecule has 0 aromatic rings. The van der Waals surface area contributed by atoms with Gasteiger partial charge in [-0.15, -0.1) is 17.0 Å². The maximum absolute atomic E-state index is 12.7. The van der Waals surface area contributed by atoms with Gasteiger partial charge in [0.1, 0.15) is 18.3 Å². The van der Waals surface area contributed by atoms with E-state index < -0.39 is 24.3 Å². The van der Waals surface area contributed by atoms with Crippen LogP contribution >= 0.6 is 17.0 Å². The molecular formula is C6H11BrFNO3. The number of carbonyl (C=O) groups is 1. The minimum absolute atomic E-state index is 0. The highest BCUT2D eigenvalue weighted by Crippen LogP contribution is 2.14. The number of ether oxygens (including phenoxy) is 1. The summed E-state index contributed by atoms with van der Waals surface area (Å²) in [7, 11) is 1.31. The lowest BCUT2D eigenvalue weighted by Crippen LogP contribution is -2.40. The van der Waals surface area contributed by atoms with Crippen molar-refractivity contribution in [1.29, 1.82) is 0 Å². The number of methoxy groups -OCH3 is 1. The summed E-state index contributed by atoms with van der Waals surface area (Å²) in [6, 6.07) is -0.907. The van der Waals surface area contributed by atoms with E-state index in [1.165, 1.54) is 7.11 Å². The van der Waals surface area contributed by atoms with E-state index in [1.54, 1.807) is 0 Å². The van der Waals surface area contributed by atoms with E-state index >= 15 is 0 Å². The monoisotopic (exact) mass is 243 g/mol. The Balaban J connectivity index is 0.00000121. The smallest absolute Gasteiger partial charge is 0.323 e. The third-order valence-electron chi connectivity index (χ3n) is 1.76. The van der Waals surface area contributed by atoms with Crippen molar-refractivity contribution < 1.29 is 19.0 Å². The molecule has 12 heavy (non-hydrogen) atoms. The van der Waals surface area contributed by atoms with Crippen molar-refractivity contribution in [3.8, 4) is 0 Å². The highest BCUT2D eigenvalue weighted by Gasteiger charge is 2.40. The number of hydrogen-bond donors (Lipinski definition) is 2. The Morgan fingerprint density at radius 2 is 2.33 bits per heavy atom. The second-order valence-corrected chi connectivity index (χ2v) is 2.44. The maximum atomic E-state index is 12.7. The van der Waals surface area contributed by atoms with Crippen molar-refractivity contribution in [3.05, 3.63) is 0 Å². The molecule has 0 aromatic heterocycles. The minimum Gasteiger partial charge on any atom is -0.480 e. The number of aliphatic carboxylic acids is 1. The predicted octanol–water partition coefficient (Wildman–Crippen LogP) is -0.0262. The molecule has 0 aliphatic carbocycles. The zero-order chi connectivity index (χ0) is 8.43. The average molecular weight is 244 g/mol. The molecule has 0 saturated carbocycles. The highest BCUT2D eigenvalue weighted by atomic mass is 79.9. The number of hydrogen-bond acceptors (Lipinski definition) is 3. The lowest BCUT2D eigenvalue weighted by Gasteiger charge is -2.14. The number of carboxylic acids is 1. The van der Waals surface area contributed by atoms with Gasteiger partial charge in [0.2, 0.25) is 0 Å². The molecule has 4 nitrogen and oxygen atoms in total. The molecule has 0 amide bonds. The van der Waals surface area contributed by atoms with E-state index in [1.807, 2.05) is 0 Å². The van der Waals surface area contributed by atoms with E-state index in [0.717, 1.165) is 0 Å². The summed E-state index contributed by atoms with van der Waals surface area (Å²) in [5.41, 5.74) is 0. The molecule has 1 aliphatic rings. The SMILES string of the molecule is Br.COC1C(F)CNC1C(=O)O. The first-order chi connectivity index (χ1) is 5.16. The van der Waals surface area contributed by atoms with Gasteiger partial charge >= 0.3 is 5.97 Å². The molecule has 3 atom stereocenters. The lowest BCUT2D eigenvalue weighted by molar-refractivity contribution is -0.142. The fourth-order valence-electron chi connectivity index (χ4n) is 1.19. The fraction of sp³-hybridized carbons (Fsp3) is 0.833. The van der Waals surface area contributed by atoms with Crippen LogP contribution in [0.5, 0.6) is 0 Å². The third-order valence-corrected chi connectivity index (χ3v) is 1.76. The summed E-state index contributed by atoms with van der Waals surface area (Å²) in [6.45, 7) is 0.0511. The van der Waals surface area contributed by atoms with E-state index in [0.29, 0.717) is 0 Å². The fourth-order valence-corrected chi connectivity index (χ4v) is 1.19. The van der Waals surface area contributed by atoms with Crippen molar-refractivity contribution in [3.63, 3.8) is 0 Å². The molecule has 0 spiro atoms. The Kier molecular flexibility index (Phi) is 4.66. The molecule has 0 bridgehead atoms. The molecule has 0 radical (unpaired) electrons. The standard InChI is InChI=1S/C6H10FNO3.BrH/c1-11-5-3(7)2-8-4(5)6(9)10;/h3-5,8H,2H2,1H3,(H,9,10);1H. The van der Waals surface area contributed by atoms with E-state index in [-0.39, 0.29) is 23.5 Å². The first kappa shape index (κ1) is 11.8. The Labute approximate surface area is 79.9 Å². The zero-order valence-electron chi connectivity index (χ0n) is 6.49. The van der Waals surface area contributed by atoms with Gasteiger partial charge in [-0.25, -0.2) is 4.39 Å². The number of carboxylic acid groups (broad SMARTS) is 1. The van der Waals surface area contributed by atoms with Crippen LogP contribution in [0.1, 0.15) is 0 Å². The van der Waals surface area contributed by atoms with Gasteiger partial charge in [-0.1, -0.05) is 0 Å². The van der Waals surface area contributed by atoms with Crippen LogP contribution in [0.4, 0.5) is 4.39 Å². The highest BCUT2D eigenvalue weighted by molar-refractivity contribution is 8.93. The van der Waals surface area contributed by atoms with Gasteiger partial charge in [0.05, 0.1) is 0 Å². The van der Waals surface area contributed by atoms with Gasteiger partial charge in [0.15, 0.2) is 0 Å². The molecule has 1 fully saturated rings. The summed E-state index contributed by atoms with van der Waals surface area (Å²) < 4.78 is 17.4. The van der Waals surface area contributed by atoms with Crippen LogP contribution in [0.25, 0.3) is 0 Å². The van der Waals surface area contributed by atoms with Crippen LogP contribution in [0.3, 0.4) is 0 Å². The van der Waals surface area contributed by atoms with Gasteiger partial charge in [-0.3, -0.25) is 10.1 Å². The van der Waals surface area contributed by atoms with Gasteiger partial charge in [-0.2, -0.15) is 0 Å². The molecule has 1 heterocycles. The van der Waals surface area contributed by atoms with Crippen LogP contribution in [0, 0.1) is 0 Å². The minimum atomic E-state index is -1.22. The largest absolute Gasteiger partial charge is 0.480 e. The van der Waals surface area contributed by atoms with E-state index in [4.69, 9.17) is 5.11 Å². The van der Waals surface area contributed by atoms with Crippen molar-refractivity contribution in [2.45, 2.75) is 18.3 Å². The lowest BCUT2D eigenvalue weighted by atomic mass is 10.1. The van der Waals surface area contributed by atoms with Crippen molar-refractivity contribution >= 4 is 23.0 Å². The van der Waals surface area contributed by atoms with Gasteiger partial charge in [-0.05, 0) is 0 Å². The second kappa shape index (κ2) is 4.74. The molecule has 6 heteroatoms. The van der Waals surface area contributed by atoms with Crippen LogP contribution in [-0.2, 0) is 9.53 Å². The average Bonchev–Trinajstić information content (AvgIpc) is 2.30. The molecule has 1 saturated heterocycles. The molecule has 2 N–H and O–H groups in total. The van der Waals surface area contributed by atoms with E-state index in [9.17, 15) is 9.18 Å². The number of alkyl halides is 1. The molecule has 1 aliphatic heterocycles. The zero-order valence-corrected chi connectivity index (χ0v) is 8.20. The Morgan fingerprint density at radius 1 is 1.75 bits per heavy atom. The van der Waals surface area contributed by atoms with Crippen LogP contribution in [-0.4, -0.2) is 43.0 Å². The van der Waals surface area contributed by atoms with Crippen LogP contribution < -0.4 is 5.32 Å². The summed E-state index contributed by atoms with van der Waals surface area (Å²) in [6.07, 6.45) is -2.08. The Hall–Kier alpha value is -0.200. The topological polar surface area (TPSA) is 58.6 Å². The molecule has 3 unspecified atom stereocenters. The van der Waals surface area contributed by atoms with Gasteiger partial charge < -0.3 is 9.84 Å². The first-order valence-electron chi connectivity index (χ1n) is 3.30. The summed E-state index contributed by atoms with van der Waals surface area (Å²) >= 11 is 0. The number of halogens is 2. The summed E-state index contributed by atoms with van der Waals surface area (Å²) in [4.78, 5) is 10.4. The molecule has 0 aromatic carbocycles. The number of rotatable bonds is 2. The van der Waals surface area contributed by atoms with Crippen LogP contribution in [0.2, 0.25) is 0 Å². The normalized spacial score (nSPS) is 34.3. The second-order valence-electron chi connectivity index (χ2n) is 2.44. The summed E-state index contributed by atoms with van der Waals surface area (Å²) in [5, 5.41) is 11.0. The molecule has 1 rings (SSSR count). The van der Waals surface area contributed by atoms with E-state index in [2.05, 4.69) is 10.1 Å². The Morgan fingerprint density at radius 3 is 2.67 bits per heavy atom. The third kappa shape index (κ3) is 2.15. The molecular weight excluding hydrogens is 233 g/mol. The quantitative estimate of drug-likeness (QED) is 0.716. The Bertz CT molecular complexity index is 169.